The molecule has 3 rings (SSSR count). The van der Waals surface area contributed by atoms with Crippen LogP contribution < -0.4 is 14.4 Å². The molecular weight excluding hydrogens is 537 g/mol. The van der Waals surface area contributed by atoms with Crippen molar-refractivity contribution >= 4 is 50.7 Å². The summed E-state index contributed by atoms with van der Waals surface area (Å²) < 4.78 is 31.9. The topological polar surface area (TPSA) is 96.0 Å². The molecule has 2 aromatic carbocycles. The number of nitrogens with zero attached hydrogens (tertiary/aromatic N) is 2. The van der Waals surface area contributed by atoms with Gasteiger partial charge in [0.25, 0.3) is 0 Å². The Hall–Kier alpha value is -2.49. The number of nitrogens with one attached hydrogen (secondary N) is 1. The number of halogens is 2. The van der Waals surface area contributed by atoms with E-state index in [9.17, 15) is 18.0 Å². The Balaban J connectivity index is 1.92. The molecule has 202 valence electrons. The second-order valence-corrected chi connectivity index (χ2v) is 12.0. The lowest BCUT2D eigenvalue weighted by Gasteiger charge is -2.33. The van der Waals surface area contributed by atoms with E-state index >= 15 is 0 Å². The number of hydrogen-bond donors (Lipinski definition) is 1. The number of hydrogen-bond acceptors (Lipinski definition) is 5. The van der Waals surface area contributed by atoms with E-state index in [1.54, 1.807) is 37.3 Å². The summed E-state index contributed by atoms with van der Waals surface area (Å²) in [5, 5.41) is 3.84. The zero-order valence-electron chi connectivity index (χ0n) is 21.2. The Morgan fingerprint density at radius 2 is 1.76 bits per heavy atom. The van der Waals surface area contributed by atoms with Crippen molar-refractivity contribution in [2.45, 2.75) is 57.7 Å². The van der Waals surface area contributed by atoms with Crippen molar-refractivity contribution in [3.63, 3.8) is 0 Å². The monoisotopic (exact) mass is 569 g/mol. The van der Waals surface area contributed by atoms with E-state index in [1.165, 1.54) is 24.1 Å². The molecule has 0 spiro atoms. The van der Waals surface area contributed by atoms with Crippen LogP contribution in [0.2, 0.25) is 10.0 Å². The van der Waals surface area contributed by atoms with Crippen LogP contribution >= 0.6 is 23.2 Å². The minimum Gasteiger partial charge on any atom is -0.495 e. The third-order valence-corrected chi connectivity index (χ3v) is 8.05. The van der Waals surface area contributed by atoms with Crippen LogP contribution in [0.1, 0.15) is 44.6 Å². The number of anilines is 1. The summed E-state index contributed by atoms with van der Waals surface area (Å²) in [5.74, 6) is -0.598. The molecule has 0 aliphatic heterocycles. The molecule has 0 heterocycles. The maximum Gasteiger partial charge on any atom is 0.244 e. The van der Waals surface area contributed by atoms with Crippen LogP contribution in [-0.2, 0) is 26.2 Å². The fourth-order valence-electron chi connectivity index (χ4n) is 4.44. The molecule has 8 nitrogen and oxygen atoms in total. The molecule has 1 aliphatic rings. The summed E-state index contributed by atoms with van der Waals surface area (Å²) in [7, 11) is -2.52. The molecule has 0 bridgehead atoms. The van der Waals surface area contributed by atoms with E-state index in [4.69, 9.17) is 27.9 Å². The van der Waals surface area contributed by atoms with Crippen LogP contribution in [0.25, 0.3) is 0 Å². The van der Waals surface area contributed by atoms with Gasteiger partial charge in [-0.25, -0.2) is 8.42 Å². The quantitative estimate of drug-likeness (QED) is 0.449. The fraction of sp³-hybridized carbons (Fsp3) is 0.462. The Kier molecular flexibility index (Phi) is 10.1. The number of ether oxygens (including phenoxy) is 1. The highest BCUT2D eigenvalue weighted by Crippen LogP contribution is 2.33. The average molecular weight is 571 g/mol. The van der Waals surface area contributed by atoms with Gasteiger partial charge in [-0.3, -0.25) is 13.9 Å². The molecule has 2 amide bonds. The molecule has 1 aliphatic carbocycles. The molecule has 11 heteroatoms. The summed E-state index contributed by atoms with van der Waals surface area (Å²) >= 11 is 12.3. The largest absolute Gasteiger partial charge is 0.495 e. The molecular formula is C26H33Cl2N3O5S. The number of carbonyl (C=O) groups excluding carboxylic acids is 2. The highest BCUT2D eigenvalue weighted by molar-refractivity contribution is 7.92. The number of carbonyl (C=O) groups is 2. The van der Waals surface area contributed by atoms with Crippen LogP contribution in [0.15, 0.2) is 42.5 Å². The van der Waals surface area contributed by atoms with Gasteiger partial charge in [0.2, 0.25) is 21.8 Å². The van der Waals surface area contributed by atoms with Gasteiger partial charge in [0.05, 0.1) is 19.1 Å². The predicted molar refractivity (Wildman–Crippen MR) is 147 cm³/mol. The van der Waals surface area contributed by atoms with E-state index < -0.39 is 28.5 Å². The van der Waals surface area contributed by atoms with Crippen molar-refractivity contribution in [1.29, 1.82) is 0 Å². The first-order valence-electron chi connectivity index (χ1n) is 12.1. The lowest BCUT2D eigenvalue weighted by molar-refractivity contribution is -0.139. The van der Waals surface area contributed by atoms with Gasteiger partial charge in [-0.2, -0.15) is 0 Å². The van der Waals surface area contributed by atoms with Crippen LogP contribution in [0.4, 0.5) is 5.69 Å². The highest BCUT2D eigenvalue weighted by Gasteiger charge is 2.32. The summed E-state index contributed by atoms with van der Waals surface area (Å²) in [6, 6.07) is 10.7. The molecule has 37 heavy (non-hydrogen) atoms. The fourth-order valence-corrected chi connectivity index (χ4v) is 5.66. The summed E-state index contributed by atoms with van der Waals surface area (Å²) in [6.07, 6.45) is 6.05. The van der Waals surface area contributed by atoms with Crippen LogP contribution in [-0.4, -0.2) is 57.1 Å². The molecule has 1 saturated carbocycles. The van der Waals surface area contributed by atoms with E-state index in [-0.39, 0.29) is 35.0 Å². The minimum absolute atomic E-state index is 0.0649. The first kappa shape index (κ1) is 29.1. The van der Waals surface area contributed by atoms with E-state index in [1.807, 2.05) is 0 Å². The molecule has 1 N–H and O–H groups in total. The smallest absolute Gasteiger partial charge is 0.244 e. The SMILES string of the molecule is COc1ccc(Cl)cc1N(CC(=O)N(Cc1cccc(Cl)c1)C(C)C(=O)NC1CCCCC1)S(C)(=O)=O. The molecule has 0 aromatic heterocycles. The highest BCUT2D eigenvalue weighted by atomic mass is 35.5. The average Bonchev–Trinajstić information content (AvgIpc) is 2.85. The zero-order chi connectivity index (χ0) is 27.2. The Labute approximate surface area is 228 Å². The van der Waals surface area contributed by atoms with Crippen LogP contribution in [0, 0.1) is 0 Å². The van der Waals surface area contributed by atoms with E-state index in [0.29, 0.717) is 10.6 Å². The maximum atomic E-state index is 13.7. The van der Waals surface area contributed by atoms with Crippen molar-refractivity contribution in [3.05, 3.63) is 58.1 Å². The van der Waals surface area contributed by atoms with E-state index in [2.05, 4.69) is 5.32 Å². The second kappa shape index (κ2) is 12.8. The van der Waals surface area contributed by atoms with Crippen LogP contribution in [0.5, 0.6) is 5.75 Å². The molecule has 0 radical (unpaired) electrons. The van der Waals surface area contributed by atoms with Gasteiger partial charge < -0.3 is 15.0 Å². The molecule has 2 aromatic rings. The van der Waals surface area contributed by atoms with Gasteiger partial charge in [-0.1, -0.05) is 54.6 Å². The zero-order valence-corrected chi connectivity index (χ0v) is 23.6. The van der Waals surface area contributed by atoms with Crippen molar-refractivity contribution < 1.29 is 22.7 Å². The molecule has 0 saturated heterocycles. The molecule has 1 unspecified atom stereocenters. The number of benzene rings is 2. The molecule has 1 atom stereocenters. The lowest BCUT2D eigenvalue weighted by Crippen LogP contribution is -2.53. The lowest BCUT2D eigenvalue weighted by atomic mass is 9.95. The second-order valence-electron chi connectivity index (χ2n) is 9.26. The van der Waals surface area contributed by atoms with Crippen molar-refractivity contribution in [2.24, 2.45) is 0 Å². The van der Waals surface area contributed by atoms with Gasteiger partial charge >= 0.3 is 0 Å². The van der Waals surface area contributed by atoms with Gasteiger partial charge in [0.1, 0.15) is 18.3 Å². The van der Waals surface area contributed by atoms with Crippen molar-refractivity contribution in [2.75, 3.05) is 24.2 Å². The Bertz CT molecular complexity index is 1220. The third-order valence-electron chi connectivity index (χ3n) is 6.45. The predicted octanol–water partition coefficient (Wildman–Crippen LogP) is 4.63. The normalized spacial score (nSPS) is 15.1. The Morgan fingerprint density at radius 1 is 1.08 bits per heavy atom. The van der Waals surface area contributed by atoms with E-state index in [0.717, 1.165) is 42.7 Å². The summed E-state index contributed by atoms with van der Waals surface area (Å²) in [4.78, 5) is 28.3. The minimum atomic E-state index is -3.92. The summed E-state index contributed by atoms with van der Waals surface area (Å²) in [6.45, 7) is 1.17. The molecule has 1 fully saturated rings. The number of sulfonamides is 1. The number of methoxy groups -OCH3 is 1. The first-order chi connectivity index (χ1) is 17.5. The summed E-state index contributed by atoms with van der Waals surface area (Å²) in [5.41, 5.74) is 0.845. The Morgan fingerprint density at radius 3 is 2.38 bits per heavy atom. The van der Waals surface area contributed by atoms with Crippen molar-refractivity contribution in [3.8, 4) is 5.75 Å². The standard InChI is InChI=1S/C26H33Cl2N3O5S/c1-18(26(33)29-22-10-5-4-6-11-22)30(16-19-8-7-9-20(27)14-19)25(32)17-31(37(3,34)35)23-15-21(28)12-13-24(23)36-2/h7-9,12-15,18,22H,4-6,10-11,16-17H2,1-3H3,(H,29,33). The third kappa shape index (κ3) is 7.99. The first-order valence-corrected chi connectivity index (χ1v) is 14.8. The number of rotatable bonds is 10. The van der Waals surface area contributed by atoms with Gasteiger partial charge in [0.15, 0.2) is 0 Å². The maximum absolute atomic E-state index is 13.7. The van der Waals surface area contributed by atoms with Gasteiger partial charge in [0, 0.05) is 22.6 Å². The van der Waals surface area contributed by atoms with Gasteiger partial charge in [-0.15, -0.1) is 0 Å². The van der Waals surface area contributed by atoms with Crippen molar-refractivity contribution in [1.82, 2.24) is 10.2 Å². The van der Waals surface area contributed by atoms with Crippen LogP contribution in [0.3, 0.4) is 0 Å². The van der Waals surface area contributed by atoms with Gasteiger partial charge in [-0.05, 0) is 55.7 Å². The number of amides is 2.